The maximum Gasteiger partial charge on any atom is 0.191 e. The second-order valence-corrected chi connectivity index (χ2v) is 6.82. The van der Waals surface area contributed by atoms with E-state index in [1.165, 1.54) is 0 Å². The fraction of sp³-hybridized carbons (Fsp3) is 0.650. The number of halogens is 1. The molecule has 0 aliphatic carbocycles. The molecule has 0 bridgehead atoms. The third kappa shape index (κ3) is 8.23. The van der Waals surface area contributed by atoms with Crippen LogP contribution in [0.3, 0.4) is 0 Å². The fourth-order valence-electron chi connectivity index (χ4n) is 3.05. The van der Waals surface area contributed by atoms with Gasteiger partial charge in [-0.05, 0) is 43.9 Å². The standard InChI is InChI=1S/C20H33N3O3.HI/c1-3-11-26-18-7-5-6-17(13-18)14-22-19(21-4-2)23-15-20(8-10-24)9-12-25-16-20;/h5-7,13,24H,3-4,8-12,14-16H2,1-2H3,(H2,21,22,23);1H. The van der Waals surface area contributed by atoms with Crippen LogP contribution < -0.4 is 15.4 Å². The lowest BCUT2D eigenvalue weighted by Crippen LogP contribution is -2.44. The summed E-state index contributed by atoms with van der Waals surface area (Å²) in [5.41, 5.74) is 1.11. The molecule has 1 saturated heterocycles. The highest BCUT2D eigenvalue weighted by Gasteiger charge is 2.34. The molecule has 1 aliphatic heterocycles. The van der Waals surface area contributed by atoms with Crippen molar-refractivity contribution in [3.63, 3.8) is 0 Å². The lowest BCUT2D eigenvalue weighted by atomic mass is 9.84. The van der Waals surface area contributed by atoms with Crippen LogP contribution in [-0.4, -0.2) is 50.6 Å². The number of ether oxygens (including phenoxy) is 2. The molecule has 6 nitrogen and oxygen atoms in total. The second kappa shape index (κ2) is 13.2. The van der Waals surface area contributed by atoms with Crippen molar-refractivity contribution in [2.45, 2.75) is 39.7 Å². The molecule has 2 rings (SSSR count). The number of nitrogens with one attached hydrogen (secondary N) is 2. The van der Waals surface area contributed by atoms with E-state index in [0.717, 1.165) is 62.8 Å². The Morgan fingerprint density at radius 1 is 1.33 bits per heavy atom. The molecule has 1 aromatic carbocycles. The Kier molecular flexibility index (Phi) is 11.7. The van der Waals surface area contributed by atoms with Crippen molar-refractivity contribution >= 4 is 29.9 Å². The average molecular weight is 491 g/mol. The van der Waals surface area contributed by atoms with Gasteiger partial charge in [-0.15, -0.1) is 24.0 Å². The summed E-state index contributed by atoms with van der Waals surface area (Å²) in [6.07, 6.45) is 2.71. The van der Waals surface area contributed by atoms with Crippen LogP contribution in [0.5, 0.6) is 5.75 Å². The Balaban J connectivity index is 0.00000364. The molecule has 1 aliphatic rings. The molecule has 1 unspecified atom stereocenters. The summed E-state index contributed by atoms with van der Waals surface area (Å²) in [5.74, 6) is 1.68. The van der Waals surface area contributed by atoms with Gasteiger partial charge in [-0.2, -0.15) is 0 Å². The van der Waals surface area contributed by atoms with Gasteiger partial charge in [0.05, 0.1) is 19.8 Å². The molecule has 1 heterocycles. The largest absolute Gasteiger partial charge is 0.494 e. The van der Waals surface area contributed by atoms with Gasteiger partial charge >= 0.3 is 0 Å². The molecule has 7 heteroatoms. The highest BCUT2D eigenvalue weighted by molar-refractivity contribution is 14.0. The van der Waals surface area contributed by atoms with E-state index in [4.69, 9.17) is 14.5 Å². The van der Waals surface area contributed by atoms with Crippen molar-refractivity contribution in [2.24, 2.45) is 10.4 Å². The van der Waals surface area contributed by atoms with E-state index in [1.807, 2.05) is 18.2 Å². The summed E-state index contributed by atoms with van der Waals surface area (Å²) in [6, 6.07) is 8.08. The van der Waals surface area contributed by atoms with E-state index in [1.54, 1.807) is 0 Å². The minimum absolute atomic E-state index is 0. The molecule has 154 valence electrons. The Bertz CT molecular complexity index is 563. The van der Waals surface area contributed by atoms with Crippen LogP contribution in [0.25, 0.3) is 0 Å². The van der Waals surface area contributed by atoms with Gasteiger partial charge in [0.1, 0.15) is 5.75 Å². The number of aliphatic imine (C=N–C) groups is 1. The number of aliphatic hydroxyl groups excluding tert-OH is 1. The SMILES string of the molecule is CCCOc1cccc(CN=C(NCC)NCC2(CCO)CCOC2)c1.I. The van der Waals surface area contributed by atoms with E-state index in [-0.39, 0.29) is 36.0 Å². The summed E-state index contributed by atoms with van der Waals surface area (Å²) in [4.78, 5) is 4.69. The number of benzene rings is 1. The molecule has 1 atom stereocenters. The molecule has 0 spiro atoms. The Morgan fingerprint density at radius 3 is 2.85 bits per heavy atom. The molecule has 1 aromatic rings. The van der Waals surface area contributed by atoms with E-state index in [2.05, 4.69) is 30.5 Å². The van der Waals surface area contributed by atoms with Crippen molar-refractivity contribution in [1.29, 1.82) is 0 Å². The number of aliphatic hydroxyl groups is 1. The lowest BCUT2D eigenvalue weighted by Gasteiger charge is -2.27. The van der Waals surface area contributed by atoms with Crippen molar-refractivity contribution in [3.05, 3.63) is 29.8 Å². The zero-order valence-corrected chi connectivity index (χ0v) is 18.8. The zero-order chi connectivity index (χ0) is 18.7. The van der Waals surface area contributed by atoms with Gasteiger partial charge in [-0.3, -0.25) is 0 Å². The van der Waals surface area contributed by atoms with Crippen molar-refractivity contribution in [3.8, 4) is 5.75 Å². The third-order valence-electron chi connectivity index (χ3n) is 4.59. The molecule has 0 radical (unpaired) electrons. The molecule has 0 saturated carbocycles. The van der Waals surface area contributed by atoms with Gasteiger partial charge in [0, 0.05) is 31.7 Å². The molecule has 0 aromatic heterocycles. The number of hydrogen-bond donors (Lipinski definition) is 3. The van der Waals surface area contributed by atoms with Crippen molar-refractivity contribution in [2.75, 3.05) is 39.5 Å². The van der Waals surface area contributed by atoms with Crippen molar-refractivity contribution < 1.29 is 14.6 Å². The summed E-state index contributed by atoms with van der Waals surface area (Å²) < 4.78 is 11.2. The summed E-state index contributed by atoms with van der Waals surface area (Å²) in [6.45, 7) is 8.65. The van der Waals surface area contributed by atoms with Crippen LogP contribution in [0, 0.1) is 5.41 Å². The highest BCUT2D eigenvalue weighted by Crippen LogP contribution is 2.31. The van der Waals surface area contributed by atoms with E-state index in [0.29, 0.717) is 13.2 Å². The quantitative estimate of drug-likeness (QED) is 0.267. The smallest absolute Gasteiger partial charge is 0.191 e. The highest BCUT2D eigenvalue weighted by atomic mass is 127. The first-order valence-electron chi connectivity index (χ1n) is 9.64. The van der Waals surface area contributed by atoms with Gasteiger partial charge in [-0.1, -0.05) is 19.1 Å². The summed E-state index contributed by atoms with van der Waals surface area (Å²) >= 11 is 0. The Morgan fingerprint density at radius 2 is 2.19 bits per heavy atom. The fourth-order valence-corrected chi connectivity index (χ4v) is 3.05. The Hall–Kier alpha value is -1.06. The van der Waals surface area contributed by atoms with Crippen LogP contribution in [0.4, 0.5) is 0 Å². The van der Waals surface area contributed by atoms with Crippen molar-refractivity contribution in [1.82, 2.24) is 10.6 Å². The second-order valence-electron chi connectivity index (χ2n) is 6.82. The predicted octanol–water partition coefficient (Wildman–Crippen LogP) is 2.94. The van der Waals surface area contributed by atoms with Gasteiger partial charge in [0.25, 0.3) is 0 Å². The maximum atomic E-state index is 9.36. The van der Waals surface area contributed by atoms with E-state index in [9.17, 15) is 5.11 Å². The topological polar surface area (TPSA) is 75.1 Å². The maximum absolute atomic E-state index is 9.36. The van der Waals surface area contributed by atoms with Crippen LogP contribution in [0.15, 0.2) is 29.3 Å². The lowest BCUT2D eigenvalue weighted by molar-refractivity contribution is 0.127. The van der Waals surface area contributed by atoms with Gasteiger partial charge in [0.15, 0.2) is 5.96 Å². The van der Waals surface area contributed by atoms with E-state index >= 15 is 0 Å². The minimum Gasteiger partial charge on any atom is -0.494 e. The van der Waals surface area contributed by atoms with Crippen LogP contribution in [0.2, 0.25) is 0 Å². The first-order valence-corrected chi connectivity index (χ1v) is 9.64. The van der Waals surface area contributed by atoms with E-state index < -0.39 is 0 Å². The Labute approximate surface area is 180 Å². The van der Waals surface area contributed by atoms with Gasteiger partial charge in [-0.25, -0.2) is 4.99 Å². The van der Waals surface area contributed by atoms with Crippen LogP contribution in [0.1, 0.15) is 38.7 Å². The molecule has 3 N–H and O–H groups in total. The average Bonchev–Trinajstić information content (AvgIpc) is 3.12. The number of hydrogen-bond acceptors (Lipinski definition) is 4. The minimum atomic E-state index is -0.00114. The molecule has 0 amide bonds. The predicted molar refractivity (Wildman–Crippen MR) is 120 cm³/mol. The number of nitrogens with zero attached hydrogens (tertiary/aromatic N) is 1. The van der Waals surface area contributed by atoms with Crippen LogP contribution in [-0.2, 0) is 11.3 Å². The molecular weight excluding hydrogens is 457 g/mol. The number of guanidine groups is 1. The molecule has 27 heavy (non-hydrogen) atoms. The first kappa shape index (κ1) is 24.0. The molecule has 1 fully saturated rings. The van der Waals surface area contributed by atoms with Gasteiger partial charge < -0.3 is 25.2 Å². The van der Waals surface area contributed by atoms with Crippen LogP contribution >= 0.6 is 24.0 Å². The molecular formula is C20H34IN3O3. The summed E-state index contributed by atoms with van der Waals surface area (Å²) in [5, 5.41) is 16.1. The monoisotopic (exact) mass is 491 g/mol. The third-order valence-corrected chi connectivity index (χ3v) is 4.59. The van der Waals surface area contributed by atoms with Gasteiger partial charge in [0.2, 0.25) is 0 Å². The first-order chi connectivity index (χ1) is 12.7. The number of rotatable bonds is 10. The normalized spacial score (nSPS) is 19.4. The zero-order valence-electron chi connectivity index (χ0n) is 16.5. The summed E-state index contributed by atoms with van der Waals surface area (Å²) in [7, 11) is 0.